The zero-order valence-corrected chi connectivity index (χ0v) is 35.7. The van der Waals surface area contributed by atoms with Crippen LogP contribution in [-0.2, 0) is 24.0 Å². The molecule has 0 spiro atoms. The van der Waals surface area contributed by atoms with Crippen molar-refractivity contribution in [2.75, 3.05) is 12.1 Å². The summed E-state index contributed by atoms with van der Waals surface area (Å²) < 4.78 is 3.57. The van der Waals surface area contributed by atoms with E-state index in [9.17, 15) is 44.1 Å². The molecule has 4 aliphatic heterocycles. The fraction of sp³-hybridized carbons (Fsp3) is 0.422. The van der Waals surface area contributed by atoms with Gasteiger partial charge in [0, 0.05) is 48.1 Å². The summed E-state index contributed by atoms with van der Waals surface area (Å²) in [5.74, 6) is -7.57. The first-order chi connectivity index (χ1) is 29.5. The molecule has 0 fully saturated rings. The third-order valence-electron chi connectivity index (χ3n) is 11.9. The van der Waals surface area contributed by atoms with Crippen molar-refractivity contribution in [3.63, 3.8) is 0 Å². The third kappa shape index (κ3) is 8.83. The number of aliphatic imine (C=N–C) groups is 2. The highest BCUT2D eigenvalue weighted by Crippen LogP contribution is 2.40. The third-order valence-corrected chi connectivity index (χ3v) is 11.9. The molecule has 0 saturated heterocycles. The largest absolute Gasteiger partial charge is 0.481 e. The normalized spacial score (nSPS) is 21.0. The number of aromatic nitrogens is 2. The van der Waals surface area contributed by atoms with E-state index in [4.69, 9.17) is 15.1 Å². The van der Waals surface area contributed by atoms with Crippen molar-refractivity contribution in [3.8, 4) is 0 Å². The van der Waals surface area contributed by atoms with Crippen molar-refractivity contribution in [2.24, 2.45) is 21.8 Å². The Balaban J connectivity index is 1.66. The van der Waals surface area contributed by atoms with E-state index in [2.05, 4.69) is 35.2 Å². The molecule has 2 amide bonds. The monoisotopic (exact) mass is 851 g/mol. The smallest absolute Gasteiger partial charge is 0.326 e. The quantitative estimate of drug-likeness (QED) is 0.105. The molecule has 0 aromatic carbocycles. The van der Waals surface area contributed by atoms with E-state index >= 15 is 0 Å². The Bertz CT molecular complexity index is 2600. The minimum absolute atomic E-state index is 0.0662. The maximum atomic E-state index is 14.7. The molecule has 17 heteroatoms. The van der Waals surface area contributed by atoms with Gasteiger partial charge in [0.15, 0.2) is 0 Å². The Kier molecular flexibility index (Phi) is 13.3. The molecular formula is C45H53N7O10. The topological polar surface area (TPSA) is 254 Å². The molecule has 328 valence electrons. The van der Waals surface area contributed by atoms with Gasteiger partial charge in [-0.1, -0.05) is 45.8 Å². The van der Waals surface area contributed by atoms with Crippen molar-refractivity contribution in [1.82, 2.24) is 20.0 Å². The van der Waals surface area contributed by atoms with Gasteiger partial charge in [-0.15, -0.1) is 0 Å². The molecule has 7 N–H and O–H groups in total. The van der Waals surface area contributed by atoms with E-state index < -0.39 is 66.9 Å². The predicted octanol–water partition coefficient (Wildman–Crippen LogP) is 4.15. The Hall–Kier alpha value is -6.78. The summed E-state index contributed by atoms with van der Waals surface area (Å²) in [4.78, 5) is 85.5. The summed E-state index contributed by atoms with van der Waals surface area (Å²) in [6, 6.07) is -1.68. The number of carbonyl (C=O) groups excluding carboxylic acids is 2. The van der Waals surface area contributed by atoms with E-state index in [0.29, 0.717) is 34.5 Å². The van der Waals surface area contributed by atoms with Crippen LogP contribution in [0, 0.1) is 25.7 Å². The van der Waals surface area contributed by atoms with Crippen LogP contribution < -0.4 is 26.9 Å². The van der Waals surface area contributed by atoms with Gasteiger partial charge in [-0.2, -0.15) is 0 Å². The maximum absolute atomic E-state index is 14.7. The van der Waals surface area contributed by atoms with E-state index in [1.54, 1.807) is 11.6 Å². The van der Waals surface area contributed by atoms with Crippen LogP contribution in [0.2, 0.25) is 0 Å². The van der Waals surface area contributed by atoms with Gasteiger partial charge in [0.1, 0.15) is 6.04 Å². The maximum Gasteiger partial charge on any atom is 0.326 e. The van der Waals surface area contributed by atoms with Crippen LogP contribution in [-0.4, -0.2) is 89.5 Å². The SMILES string of the molecule is CCCC/C=C/c1c(C)c2n3c1/C=C1N=C(/C=c4/c(C)c(C(=O)NCCC(=O)N[C@@H](CC(=O)O)C(=O)O)/c(n4N3)=C(\CC(=O)O)C3=N/C(=C\2)[C@@H](C)[C@@H]3CCC(=O)O)C(CC)=C\1C. The molecule has 6 heterocycles. The van der Waals surface area contributed by atoms with Gasteiger partial charge in [-0.05, 0) is 80.5 Å². The van der Waals surface area contributed by atoms with Crippen molar-refractivity contribution >= 4 is 77.0 Å². The van der Waals surface area contributed by atoms with Crippen LogP contribution >= 0.6 is 0 Å². The average Bonchev–Trinajstić information content (AvgIpc) is 3.84. The van der Waals surface area contributed by atoms with Gasteiger partial charge in [0.25, 0.3) is 5.91 Å². The molecule has 6 bridgehead atoms. The van der Waals surface area contributed by atoms with Crippen molar-refractivity contribution in [1.29, 1.82) is 0 Å². The zero-order valence-electron chi connectivity index (χ0n) is 35.7. The molecule has 0 radical (unpaired) electrons. The van der Waals surface area contributed by atoms with E-state index in [0.717, 1.165) is 58.6 Å². The summed E-state index contributed by atoms with van der Waals surface area (Å²) in [5, 5.41) is 44.5. The Labute approximate surface area is 357 Å². The van der Waals surface area contributed by atoms with Crippen molar-refractivity contribution < 1.29 is 49.2 Å². The van der Waals surface area contributed by atoms with E-state index in [-0.39, 0.29) is 41.8 Å². The Morgan fingerprint density at radius 3 is 2.27 bits per heavy atom. The van der Waals surface area contributed by atoms with Crippen LogP contribution in [0.4, 0.5) is 0 Å². The van der Waals surface area contributed by atoms with Crippen LogP contribution in [0.25, 0.3) is 29.9 Å². The molecule has 0 saturated carbocycles. The molecule has 0 unspecified atom stereocenters. The van der Waals surface area contributed by atoms with Crippen molar-refractivity contribution in [2.45, 2.75) is 105 Å². The fourth-order valence-electron chi connectivity index (χ4n) is 8.64. The molecule has 3 atom stereocenters. The van der Waals surface area contributed by atoms with Gasteiger partial charge in [0.2, 0.25) is 5.91 Å². The number of rotatable bonds is 18. The summed E-state index contributed by atoms with van der Waals surface area (Å²) >= 11 is 0. The lowest BCUT2D eigenvalue weighted by molar-refractivity contribution is -0.147. The predicted molar refractivity (Wildman–Crippen MR) is 233 cm³/mol. The lowest BCUT2D eigenvalue weighted by atomic mass is 9.82. The van der Waals surface area contributed by atoms with Gasteiger partial charge >= 0.3 is 23.9 Å². The second kappa shape index (κ2) is 18.5. The highest BCUT2D eigenvalue weighted by molar-refractivity contribution is 6.25. The van der Waals surface area contributed by atoms with E-state index in [1.165, 1.54) is 0 Å². The Morgan fingerprint density at radius 1 is 0.887 bits per heavy atom. The lowest BCUT2D eigenvalue weighted by Crippen LogP contribution is -2.44. The average molecular weight is 852 g/mol. The van der Waals surface area contributed by atoms with Crippen LogP contribution in [0.3, 0.4) is 0 Å². The van der Waals surface area contributed by atoms with Gasteiger partial charge in [0.05, 0.1) is 57.6 Å². The first kappa shape index (κ1) is 44.8. The van der Waals surface area contributed by atoms with Crippen molar-refractivity contribution in [3.05, 3.63) is 73.0 Å². The molecule has 2 aromatic rings. The molecule has 0 aliphatic carbocycles. The van der Waals surface area contributed by atoms with Gasteiger partial charge in [-0.3, -0.25) is 29.0 Å². The summed E-state index contributed by atoms with van der Waals surface area (Å²) in [5.41, 5.74) is 11.9. The highest BCUT2D eigenvalue weighted by Gasteiger charge is 2.38. The second-order valence-corrected chi connectivity index (χ2v) is 16.0. The molecular weight excluding hydrogens is 799 g/mol. The van der Waals surface area contributed by atoms with Gasteiger partial charge in [-0.25, -0.2) is 24.7 Å². The number of aliphatic carboxylic acids is 4. The number of hydrogen-bond donors (Lipinski definition) is 7. The number of carboxylic acids is 4. The molecule has 2 aromatic heterocycles. The fourth-order valence-corrected chi connectivity index (χ4v) is 8.64. The van der Waals surface area contributed by atoms with Crippen LogP contribution in [0.1, 0.15) is 124 Å². The minimum atomic E-state index is -1.68. The molecule has 4 aliphatic rings. The van der Waals surface area contributed by atoms with E-state index in [1.807, 2.05) is 50.6 Å². The molecule has 17 nitrogen and oxygen atoms in total. The first-order valence-corrected chi connectivity index (χ1v) is 20.9. The Morgan fingerprint density at radius 2 is 1.63 bits per heavy atom. The number of hydrogen-bond acceptors (Lipinski definition) is 9. The molecule has 62 heavy (non-hydrogen) atoms. The first-order valence-electron chi connectivity index (χ1n) is 20.9. The number of fused-ring (bicyclic) bond motifs is 2. The summed E-state index contributed by atoms with van der Waals surface area (Å²) in [7, 11) is 0. The number of allylic oxidation sites excluding steroid dienone is 4. The second-order valence-electron chi connectivity index (χ2n) is 16.0. The highest BCUT2D eigenvalue weighted by atomic mass is 16.4. The number of unbranched alkanes of at least 4 members (excludes halogenated alkanes) is 2. The van der Waals surface area contributed by atoms with Crippen LogP contribution in [0.5, 0.6) is 0 Å². The van der Waals surface area contributed by atoms with Gasteiger partial charge < -0.3 is 31.1 Å². The summed E-state index contributed by atoms with van der Waals surface area (Å²) in [6.45, 7) is 11.6. The number of nitrogens with zero attached hydrogens (tertiary/aromatic N) is 4. The minimum Gasteiger partial charge on any atom is -0.481 e. The molecule has 6 rings (SSSR count). The lowest BCUT2D eigenvalue weighted by Gasteiger charge is -2.20. The number of carboxylic acid groups (broad SMARTS) is 4. The summed E-state index contributed by atoms with van der Waals surface area (Å²) in [6.07, 6.45) is 11.7. The zero-order chi connectivity index (χ0) is 45.2. The standard InChI is InChI=1S/C45H53N7O10/c1-7-9-10-11-12-27-24(5)34-18-31-23(4)28(13-14-38(54)55)42(49-31)29(17-39(56)57)43-41(44(60)46-16-15-37(53)48-33(45(61)62)21-40(58)59)25(6)35-20-32-26(8-2)22(3)30(47-32)19-36(27)51(34)50-52(35)43/h11-12,18-20,23,28,33,50H,7-10,13-17,21H2,1-6H3,(H,46,60)(H,48,53)(H,54,55)(H,56,57)(H,58,59)(H,61,62)/b12-11+,30-19-,31-18-,32-20?,34-18?,35-20-,36-19?,42-29?,43-29-/t23-,28-,33-/m0/s1. The number of carbonyl (C=O) groups is 6. The number of nitrogens with one attached hydrogen (secondary N) is 3. The number of amides is 2. The van der Waals surface area contributed by atoms with Crippen LogP contribution in [0.15, 0.2) is 38.6 Å².